The van der Waals surface area contributed by atoms with Crippen LogP contribution in [-0.4, -0.2) is 29.0 Å². The summed E-state index contributed by atoms with van der Waals surface area (Å²) >= 11 is 6.07. The highest BCUT2D eigenvalue weighted by Gasteiger charge is 2.16. The highest BCUT2D eigenvalue weighted by atomic mass is 35.5. The Labute approximate surface area is 191 Å². The highest BCUT2D eigenvalue weighted by molar-refractivity contribution is 7.92. The second-order valence-electron chi connectivity index (χ2n) is 7.02. The lowest BCUT2D eigenvalue weighted by molar-refractivity contribution is 0.102. The Bertz CT molecular complexity index is 1360. The van der Waals surface area contributed by atoms with Gasteiger partial charge in [-0.3, -0.25) is 14.2 Å². The van der Waals surface area contributed by atoms with E-state index in [2.05, 4.69) is 14.8 Å². The van der Waals surface area contributed by atoms with Crippen molar-refractivity contribution in [3.05, 3.63) is 82.9 Å². The van der Waals surface area contributed by atoms with Crippen molar-refractivity contribution in [2.45, 2.75) is 11.8 Å². The molecule has 3 rings (SSSR count). The maximum atomic E-state index is 12.6. The van der Waals surface area contributed by atoms with Gasteiger partial charge in [0.25, 0.3) is 15.9 Å². The lowest BCUT2D eigenvalue weighted by Crippen LogP contribution is -2.15. The average molecular weight is 494 g/mol. The van der Waals surface area contributed by atoms with Crippen LogP contribution in [0, 0.1) is 6.92 Å². The van der Waals surface area contributed by atoms with E-state index in [0.717, 1.165) is 11.8 Å². The van der Waals surface area contributed by atoms with Gasteiger partial charge in [0.05, 0.1) is 21.7 Å². The molecular weight excluding hydrogens is 474 g/mol. The summed E-state index contributed by atoms with van der Waals surface area (Å²) in [6.07, 6.45) is 0.991. The van der Waals surface area contributed by atoms with Gasteiger partial charge in [-0.25, -0.2) is 16.8 Å². The van der Waals surface area contributed by atoms with Crippen LogP contribution in [0.5, 0.6) is 0 Å². The molecule has 3 aromatic carbocycles. The molecule has 0 aromatic heterocycles. The Balaban J connectivity index is 1.75. The van der Waals surface area contributed by atoms with Crippen LogP contribution in [-0.2, 0) is 20.0 Å². The molecular formula is C21H20ClN3O5S2. The average Bonchev–Trinajstić information content (AvgIpc) is 2.70. The lowest BCUT2D eigenvalue weighted by Gasteiger charge is -2.11. The molecule has 11 heteroatoms. The van der Waals surface area contributed by atoms with Gasteiger partial charge in [-0.15, -0.1) is 0 Å². The van der Waals surface area contributed by atoms with E-state index in [-0.39, 0.29) is 21.2 Å². The summed E-state index contributed by atoms with van der Waals surface area (Å²) in [6.45, 7) is 1.90. The highest BCUT2D eigenvalue weighted by Crippen LogP contribution is 2.23. The molecule has 0 saturated carbocycles. The molecule has 0 radical (unpaired) electrons. The van der Waals surface area contributed by atoms with Gasteiger partial charge in [0, 0.05) is 17.1 Å². The fourth-order valence-electron chi connectivity index (χ4n) is 2.73. The molecule has 168 valence electrons. The number of rotatable bonds is 7. The van der Waals surface area contributed by atoms with E-state index in [1.807, 2.05) is 6.92 Å². The number of nitrogens with one attached hydrogen (secondary N) is 3. The molecule has 0 aliphatic carbocycles. The molecule has 0 atom stereocenters. The summed E-state index contributed by atoms with van der Waals surface area (Å²) in [7, 11) is -7.32. The maximum Gasteiger partial charge on any atom is 0.261 e. The van der Waals surface area contributed by atoms with E-state index in [4.69, 9.17) is 11.6 Å². The van der Waals surface area contributed by atoms with Crippen molar-refractivity contribution in [3.8, 4) is 0 Å². The number of anilines is 3. The smallest absolute Gasteiger partial charge is 0.261 e. The monoisotopic (exact) mass is 493 g/mol. The third-order valence-electron chi connectivity index (χ3n) is 4.24. The van der Waals surface area contributed by atoms with Crippen molar-refractivity contribution in [3.63, 3.8) is 0 Å². The van der Waals surface area contributed by atoms with Gasteiger partial charge in [0.15, 0.2) is 0 Å². The minimum Gasteiger partial charge on any atom is -0.322 e. The van der Waals surface area contributed by atoms with Gasteiger partial charge in [-0.05, 0) is 61.5 Å². The molecule has 0 fully saturated rings. The SMILES string of the molecule is Cc1ccc(NS(=O)(=O)c2ccc(NC(=O)c3cc(NS(C)(=O)=O)ccc3Cl)cc2)cc1. The fourth-order valence-corrected chi connectivity index (χ4v) is 4.55. The predicted molar refractivity (Wildman–Crippen MR) is 126 cm³/mol. The predicted octanol–water partition coefficient (Wildman–Crippen LogP) is 4.07. The van der Waals surface area contributed by atoms with E-state index >= 15 is 0 Å². The minimum atomic E-state index is -3.80. The van der Waals surface area contributed by atoms with E-state index < -0.39 is 26.0 Å². The number of halogens is 1. The summed E-state index contributed by atoms with van der Waals surface area (Å²) < 4.78 is 52.7. The first kappa shape index (κ1) is 23.6. The van der Waals surface area contributed by atoms with Gasteiger partial charge < -0.3 is 5.32 Å². The van der Waals surface area contributed by atoms with Crippen LogP contribution in [0.1, 0.15) is 15.9 Å². The van der Waals surface area contributed by atoms with Crippen molar-refractivity contribution < 1.29 is 21.6 Å². The first-order valence-corrected chi connectivity index (χ1v) is 13.0. The number of carbonyl (C=O) groups excluding carboxylic acids is 1. The molecule has 3 aromatic rings. The zero-order valence-corrected chi connectivity index (χ0v) is 19.5. The third-order valence-corrected chi connectivity index (χ3v) is 6.57. The molecule has 0 spiro atoms. The molecule has 8 nitrogen and oxygen atoms in total. The zero-order valence-electron chi connectivity index (χ0n) is 17.1. The number of sulfonamides is 2. The second kappa shape index (κ2) is 9.19. The van der Waals surface area contributed by atoms with Gasteiger partial charge >= 0.3 is 0 Å². The Hall–Kier alpha value is -3.08. The van der Waals surface area contributed by atoms with Crippen molar-refractivity contribution in [1.82, 2.24) is 0 Å². The van der Waals surface area contributed by atoms with Crippen molar-refractivity contribution in [1.29, 1.82) is 0 Å². The summed E-state index contributed by atoms with van der Waals surface area (Å²) in [4.78, 5) is 12.6. The van der Waals surface area contributed by atoms with Crippen LogP contribution in [0.2, 0.25) is 5.02 Å². The fraction of sp³-hybridized carbons (Fsp3) is 0.0952. The second-order valence-corrected chi connectivity index (χ2v) is 10.9. The third kappa shape index (κ3) is 6.22. The quantitative estimate of drug-likeness (QED) is 0.458. The molecule has 0 aliphatic heterocycles. The number of carbonyl (C=O) groups is 1. The standard InChI is InChI=1S/C21H20ClN3O5S2/c1-14-3-5-16(6-4-14)25-32(29,30)18-10-7-15(8-11-18)23-21(26)19-13-17(9-12-20(19)22)24-31(2,27)28/h3-13,24-25H,1-2H3,(H,23,26). The maximum absolute atomic E-state index is 12.6. The molecule has 0 heterocycles. The number of aryl methyl sites for hydroxylation is 1. The zero-order chi connectivity index (χ0) is 23.5. The van der Waals surface area contributed by atoms with Gasteiger partial charge in [0.2, 0.25) is 10.0 Å². The van der Waals surface area contributed by atoms with Crippen molar-refractivity contribution in [2.75, 3.05) is 21.0 Å². The van der Waals surface area contributed by atoms with Crippen LogP contribution in [0.15, 0.2) is 71.6 Å². The largest absolute Gasteiger partial charge is 0.322 e. The van der Waals surface area contributed by atoms with E-state index in [0.29, 0.717) is 11.4 Å². The normalized spacial score (nSPS) is 11.6. The van der Waals surface area contributed by atoms with E-state index in [9.17, 15) is 21.6 Å². The molecule has 0 bridgehead atoms. The van der Waals surface area contributed by atoms with Gasteiger partial charge in [-0.2, -0.15) is 0 Å². The molecule has 3 N–H and O–H groups in total. The van der Waals surface area contributed by atoms with Gasteiger partial charge in [-0.1, -0.05) is 29.3 Å². The Morgan fingerprint density at radius 1 is 0.781 bits per heavy atom. The first-order chi connectivity index (χ1) is 14.9. The lowest BCUT2D eigenvalue weighted by atomic mass is 10.2. The first-order valence-electron chi connectivity index (χ1n) is 9.21. The van der Waals surface area contributed by atoms with Crippen LogP contribution in [0.3, 0.4) is 0 Å². The topological polar surface area (TPSA) is 121 Å². The summed E-state index contributed by atoms with van der Waals surface area (Å²) in [5.41, 5.74) is 2.02. The molecule has 32 heavy (non-hydrogen) atoms. The number of benzene rings is 3. The Morgan fingerprint density at radius 3 is 1.94 bits per heavy atom. The van der Waals surface area contributed by atoms with Crippen LogP contribution >= 0.6 is 11.6 Å². The Morgan fingerprint density at radius 2 is 1.34 bits per heavy atom. The number of hydrogen-bond acceptors (Lipinski definition) is 5. The van der Waals surface area contributed by atoms with Crippen LogP contribution in [0.25, 0.3) is 0 Å². The van der Waals surface area contributed by atoms with Crippen molar-refractivity contribution >= 4 is 54.6 Å². The van der Waals surface area contributed by atoms with E-state index in [1.54, 1.807) is 24.3 Å². The number of amides is 1. The van der Waals surface area contributed by atoms with Crippen molar-refractivity contribution in [2.24, 2.45) is 0 Å². The van der Waals surface area contributed by atoms with E-state index in [1.165, 1.54) is 42.5 Å². The summed E-state index contributed by atoms with van der Waals surface area (Å²) in [5, 5.41) is 2.74. The number of hydrogen-bond donors (Lipinski definition) is 3. The Kier molecular flexibility index (Phi) is 6.77. The van der Waals surface area contributed by atoms with Gasteiger partial charge in [0.1, 0.15) is 0 Å². The molecule has 0 aliphatic rings. The molecule has 0 saturated heterocycles. The molecule has 1 amide bonds. The molecule has 0 unspecified atom stereocenters. The van der Waals surface area contributed by atoms with Crippen LogP contribution in [0.4, 0.5) is 17.1 Å². The van der Waals surface area contributed by atoms with Crippen LogP contribution < -0.4 is 14.8 Å². The summed E-state index contributed by atoms with van der Waals surface area (Å²) in [6, 6.07) is 16.6. The summed E-state index contributed by atoms with van der Waals surface area (Å²) in [5.74, 6) is -0.583. The minimum absolute atomic E-state index is 0.0217.